The quantitative estimate of drug-likeness (QED) is 0.736. The van der Waals surface area contributed by atoms with Crippen LogP contribution in [0.5, 0.6) is 0 Å². The Kier molecular flexibility index (Phi) is 5.24. The van der Waals surface area contributed by atoms with Crippen LogP contribution >= 0.6 is 0 Å². The van der Waals surface area contributed by atoms with E-state index in [2.05, 4.69) is 22.8 Å². The molecule has 0 saturated heterocycles. The highest BCUT2D eigenvalue weighted by molar-refractivity contribution is 5.81. The average Bonchev–Trinajstić information content (AvgIpc) is 2.90. The highest BCUT2D eigenvalue weighted by Crippen LogP contribution is 2.18. The molecule has 18 heavy (non-hydrogen) atoms. The van der Waals surface area contributed by atoms with Gasteiger partial charge in [-0.05, 0) is 51.5 Å². The van der Waals surface area contributed by atoms with Crippen molar-refractivity contribution in [3.63, 3.8) is 0 Å². The minimum Gasteiger partial charge on any atom is -0.352 e. The number of carbonyl (C=O) groups is 1. The highest BCUT2D eigenvalue weighted by Gasteiger charge is 2.21. The van der Waals surface area contributed by atoms with Gasteiger partial charge in [0.25, 0.3) is 0 Å². The minimum absolute atomic E-state index is 0.0588. The lowest BCUT2D eigenvalue weighted by Crippen LogP contribution is -2.46. The summed E-state index contributed by atoms with van der Waals surface area (Å²) >= 11 is 0. The monoisotopic (exact) mass is 250 g/mol. The number of hydrogen-bond acceptors (Lipinski definition) is 2. The maximum Gasteiger partial charge on any atom is 0.237 e. The topological polar surface area (TPSA) is 41.1 Å². The van der Waals surface area contributed by atoms with E-state index in [0.717, 1.165) is 25.8 Å². The second kappa shape index (κ2) is 6.93. The molecule has 1 saturated carbocycles. The number of allylic oxidation sites excluding steroid dienone is 2. The van der Waals surface area contributed by atoms with Gasteiger partial charge in [-0.25, -0.2) is 0 Å². The van der Waals surface area contributed by atoms with Gasteiger partial charge < -0.3 is 10.6 Å². The molecular formula is C15H26N2O. The van der Waals surface area contributed by atoms with Gasteiger partial charge in [-0.15, -0.1) is 0 Å². The second-order valence-electron chi connectivity index (χ2n) is 5.77. The minimum atomic E-state index is -0.0588. The molecule has 0 bridgehead atoms. The van der Waals surface area contributed by atoms with E-state index in [-0.39, 0.29) is 11.9 Å². The van der Waals surface area contributed by atoms with E-state index in [1.54, 1.807) is 0 Å². The Morgan fingerprint density at radius 2 is 2.06 bits per heavy atom. The molecule has 2 aliphatic carbocycles. The van der Waals surface area contributed by atoms with E-state index < -0.39 is 0 Å². The Morgan fingerprint density at radius 3 is 2.72 bits per heavy atom. The first-order chi connectivity index (χ1) is 8.75. The normalized spacial score (nSPS) is 26.2. The van der Waals surface area contributed by atoms with Crippen molar-refractivity contribution < 1.29 is 4.79 Å². The molecule has 0 aliphatic heterocycles. The Morgan fingerprint density at radius 1 is 1.28 bits per heavy atom. The fourth-order valence-electron chi connectivity index (χ4n) is 2.87. The molecule has 0 aromatic rings. The van der Waals surface area contributed by atoms with Crippen molar-refractivity contribution in [3.05, 3.63) is 12.2 Å². The highest BCUT2D eigenvalue weighted by atomic mass is 16.2. The second-order valence-corrected chi connectivity index (χ2v) is 5.77. The van der Waals surface area contributed by atoms with Crippen LogP contribution in [-0.4, -0.2) is 24.5 Å². The zero-order valence-electron chi connectivity index (χ0n) is 11.5. The van der Waals surface area contributed by atoms with Gasteiger partial charge in [0.1, 0.15) is 0 Å². The van der Waals surface area contributed by atoms with Crippen molar-refractivity contribution in [2.75, 3.05) is 6.54 Å². The number of nitrogens with one attached hydrogen (secondary N) is 2. The summed E-state index contributed by atoms with van der Waals surface area (Å²) in [6.07, 6.45) is 13.0. The van der Waals surface area contributed by atoms with E-state index in [1.165, 1.54) is 25.7 Å². The van der Waals surface area contributed by atoms with Crippen molar-refractivity contribution in [2.24, 2.45) is 5.92 Å². The number of amides is 1. The Balaban J connectivity index is 1.65. The van der Waals surface area contributed by atoms with E-state index in [0.29, 0.717) is 12.0 Å². The zero-order valence-corrected chi connectivity index (χ0v) is 11.5. The largest absolute Gasteiger partial charge is 0.352 e. The molecule has 102 valence electrons. The molecule has 3 nitrogen and oxygen atoms in total. The number of hydrogen-bond donors (Lipinski definition) is 2. The lowest BCUT2D eigenvalue weighted by Gasteiger charge is -2.22. The third-order valence-corrected chi connectivity index (χ3v) is 4.19. The van der Waals surface area contributed by atoms with Crippen LogP contribution in [0.3, 0.4) is 0 Å². The van der Waals surface area contributed by atoms with Gasteiger partial charge in [0.05, 0.1) is 6.04 Å². The van der Waals surface area contributed by atoms with Crippen LogP contribution in [0.15, 0.2) is 12.2 Å². The van der Waals surface area contributed by atoms with Gasteiger partial charge in [-0.1, -0.05) is 25.0 Å². The molecule has 2 rings (SSSR count). The lowest BCUT2D eigenvalue weighted by atomic mass is 9.94. The van der Waals surface area contributed by atoms with Crippen LogP contribution in [0.2, 0.25) is 0 Å². The lowest BCUT2D eigenvalue weighted by molar-refractivity contribution is -0.123. The molecule has 0 spiro atoms. The van der Waals surface area contributed by atoms with E-state index in [4.69, 9.17) is 0 Å². The van der Waals surface area contributed by atoms with Gasteiger partial charge in [0, 0.05) is 6.04 Å². The summed E-state index contributed by atoms with van der Waals surface area (Å²) in [6, 6.07) is 0.371. The third kappa shape index (κ3) is 4.13. The van der Waals surface area contributed by atoms with E-state index in [1.807, 2.05) is 6.92 Å². The van der Waals surface area contributed by atoms with E-state index >= 15 is 0 Å². The summed E-state index contributed by atoms with van der Waals surface area (Å²) in [5.74, 6) is 0.880. The fraction of sp³-hybridized carbons (Fsp3) is 0.800. The molecule has 1 fully saturated rings. The van der Waals surface area contributed by atoms with Crippen LogP contribution in [0.25, 0.3) is 0 Å². The van der Waals surface area contributed by atoms with Gasteiger partial charge in [0.2, 0.25) is 5.91 Å². The van der Waals surface area contributed by atoms with Crippen LogP contribution < -0.4 is 10.6 Å². The summed E-state index contributed by atoms with van der Waals surface area (Å²) < 4.78 is 0. The summed E-state index contributed by atoms with van der Waals surface area (Å²) in [6.45, 7) is 2.94. The third-order valence-electron chi connectivity index (χ3n) is 4.19. The molecule has 2 atom stereocenters. The van der Waals surface area contributed by atoms with Crippen LogP contribution in [0, 0.1) is 5.92 Å². The summed E-state index contributed by atoms with van der Waals surface area (Å²) in [5, 5.41) is 6.53. The molecule has 2 unspecified atom stereocenters. The van der Waals surface area contributed by atoms with Gasteiger partial charge in [-0.2, -0.15) is 0 Å². The van der Waals surface area contributed by atoms with Crippen LogP contribution in [0.4, 0.5) is 0 Å². The first kappa shape index (κ1) is 13.6. The van der Waals surface area contributed by atoms with Gasteiger partial charge in [0.15, 0.2) is 0 Å². The summed E-state index contributed by atoms with van der Waals surface area (Å²) in [5.41, 5.74) is 0. The van der Waals surface area contributed by atoms with Crippen LogP contribution in [-0.2, 0) is 4.79 Å². The molecule has 0 heterocycles. The SMILES string of the molecule is CC(NCC1CC=CCC1)C(=O)NC1CCCC1. The maximum absolute atomic E-state index is 12.0. The predicted octanol–water partition coefficient (Wildman–Crippen LogP) is 2.38. The summed E-state index contributed by atoms with van der Waals surface area (Å²) in [4.78, 5) is 12.0. The molecule has 0 aromatic carbocycles. The number of carbonyl (C=O) groups excluding carboxylic acids is 1. The van der Waals surface area contributed by atoms with Crippen LogP contribution in [0.1, 0.15) is 51.9 Å². The smallest absolute Gasteiger partial charge is 0.237 e. The first-order valence-corrected chi connectivity index (χ1v) is 7.44. The van der Waals surface area contributed by atoms with Gasteiger partial charge >= 0.3 is 0 Å². The first-order valence-electron chi connectivity index (χ1n) is 7.44. The molecule has 1 amide bonds. The summed E-state index contributed by atoms with van der Waals surface area (Å²) in [7, 11) is 0. The molecule has 0 radical (unpaired) electrons. The molecule has 3 heteroatoms. The number of rotatable bonds is 5. The predicted molar refractivity (Wildman–Crippen MR) is 74.3 cm³/mol. The molecule has 0 aromatic heterocycles. The average molecular weight is 250 g/mol. The van der Waals surface area contributed by atoms with Gasteiger partial charge in [-0.3, -0.25) is 4.79 Å². The Labute approximate surface area is 110 Å². The van der Waals surface area contributed by atoms with Crippen molar-refractivity contribution in [3.8, 4) is 0 Å². The maximum atomic E-state index is 12.0. The fourth-order valence-corrected chi connectivity index (χ4v) is 2.87. The van der Waals surface area contributed by atoms with Crippen molar-refractivity contribution in [2.45, 2.75) is 64.0 Å². The molecule has 2 aliphatic rings. The Hall–Kier alpha value is -0.830. The Bertz CT molecular complexity index is 295. The molecule has 2 N–H and O–H groups in total. The van der Waals surface area contributed by atoms with Crippen molar-refractivity contribution in [1.29, 1.82) is 0 Å². The molecular weight excluding hydrogens is 224 g/mol. The standard InChI is InChI=1S/C15H26N2O/c1-12(15(18)17-14-9-5-6-10-14)16-11-13-7-3-2-4-8-13/h2-3,12-14,16H,4-11H2,1H3,(H,17,18). The zero-order chi connectivity index (χ0) is 12.8. The van der Waals surface area contributed by atoms with E-state index in [9.17, 15) is 4.79 Å². The van der Waals surface area contributed by atoms with Crippen molar-refractivity contribution >= 4 is 5.91 Å². The van der Waals surface area contributed by atoms with Crippen molar-refractivity contribution in [1.82, 2.24) is 10.6 Å².